The molecule has 1 N–H and O–H groups in total. The molecular formula is C12H12N2S. The van der Waals surface area contributed by atoms with E-state index in [1.807, 2.05) is 36.6 Å². The Kier molecular flexibility index (Phi) is 3.25. The van der Waals surface area contributed by atoms with Gasteiger partial charge in [0.15, 0.2) is 0 Å². The Bertz CT molecular complexity index is 446. The molecule has 0 saturated carbocycles. The summed E-state index contributed by atoms with van der Waals surface area (Å²) < 4.78 is 0. The van der Waals surface area contributed by atoms with Gasteiger partial charge in [-0.1, -0.05) is 36.4 Å². The summed E-state index contributed by atoms with van der Waals surface area (Å²) in [6.07, 6.45) is 6.11. The van der Waals surface area contributed by atoms with Gasteiger partial charge in [0.2, 0.25) is 0 Å². The molecule has 1 aromatic heterocycles. The second kappa shape index (κ2) is 4.84. The van der Waals surface area contributed by atoms with E-state index < -0.39 is 0 Å². The molecular weight excluding hydrogens is 204 g/mol. The van der Waals surface area contributed by atoms with Crippen LogP contribution in [0.15, 0.2) is 41.4 Å². The van der Waals surface area contributed by atoms with Crippen molar-refractivity contribution in [1.82, 2.24) is 10.2 Å². The van der Waals surface area contributed by atoms with Gasteiger partial charge in [-0.2, -0.15) is 5.10 Å². The zero-order valence-electron chi connectivity index (χ0n) is 8.47. The van der Waals surface area contributed by atoms with Crippen molar-refractivity contribution in [3.63, 3.8) is 0 Å². The molecule has 0 amide bonds. The summed E-state index contributed by atoms with van der Waals surface area (Å²) in [5, 5.41) is 8.12. The highest BCUT2D eigenvalue weighted by Gasteiger charge is 1.94. The van der Waals surface area contributed by atoms with Crippen molar-refractivity contribution in [2.45, 2.75) is 5.03 Å². The highest BCUT2D eigenvalue weighted by molar-refractivity contribution is 7.98. The maximum Gasteiger partial charge on any atom is 0.118 e. The van der Waals surface area contributed by atoms with Crippen LogP contribution in [0, 0.1) is 0 Å². The minimum atomic E-state index is 1.02. The van der Waals surface area contributed by atoms with Crippen LogP contribution in [0.2, 0.25) is 0 Å². The van der Waals surface area contributed by atoms with Crippen LogP contribution in [0.5, 0.6) is 0 Å². The molecule has 0 bridgehead atoms. The third-order valence-electron chi connectivity index (χ3n) is 2.04. The maximum absolute atomic E-state index is 4.13. The van der Waals surface area contributed by atoms with E-state index in [0.29, 0.717) is 0 Å². The number of H-pyrrole nitrogens is 1. The first-order valence-corrected chi connectivity index (χ1v) is 5.93. The van der Waals surface area contributed by atoms with Crippen LogP contribution in [-0.4, -0.2) is 16.5 Å². The van der Waals surface area contributed by atoms with E-state index in [4.69, 9.17) is 0 Å². The smallest absolute Gasteiger partial charge is 0.118 e. The van der Waals surface area contributed by atoms with Gasteiger partial charge in [-0.25, -0.2) is 0 Å². The summed E-state index contributed by atoms with van der Waals surface area (Å²) in [7, 11) is 0. The monoisotopic (exact) mass is 216 g/mol. The van der Waals surface area contributed by atoms with Gasteiger partial charge >= 0.3 is 0 Å². The maximum atomic E-state index is 4.13. The Hall–Kier alpha value is -1.48. The Labute approximate surface area is 93.4 Å². The molecule has 1 aromatic carbocycles. The molecule has 0 atom stereocenters. The van der Waals surface area contributed by atoms with Gasteiger partial charge < -0.3 is 0 Å². The largest absolute Gasteiger partial charge is 0.277 e. The lowest BCUT2D eigenvalue weighted by atomic mass is 10.2. The minimum Gasteiger partial charge on any atom is -0.277 e. The van der Waals surface area contributed by atoms with Gasteiger partial charge in [0, 0.05) is 0 Å². The fourth-order valence-corrected chi connectivity index (χ4v) is 1.64. The van der Waals surface area contributed by atoms with Crippen molar-refractivity contribution in [2.24, 2.45) is 0 Å². The molecule has 0 spiro atoms. The Morgan fingerprint density at radius 3 is 2.67 bits per heavy atom. The molecule has 15 heavy (non-hydrogen) atoms. The molecule has 3 heteroatoms. The second-order valence-corrected chi connectivity index (χ2v) is 3.94. The number of nitrogens with one attached hydrogen (secondary N) is 1. The second-order valence-electron chi connectivity index (χ2n) is 3.11. The number of hydrogen-bond donors (Lipinski definition) is 1. The first-order valence-electron chi connectivity index (χ1n) is 4.71. The van der Waals surface area contributed by atoms with Crippen LogP contribution in [0.3, 0.4) is 0 Å². The first-order chi connectivity index (χ1) is 7.38. The number of benzene rings is 1. The van der Waals surface area contributed by atoms with Crippen molar-refractivity contribution in [3.8, 4) is 0 Å². The number of rotatable bonds is 3. The number of aromatic nitrogens is 2. The zero-order chi connectivity index (χ0) is 10.5. The van der Waals surface area contributed by atoms with Gasteiger partial charge in [0.25, 0.3) is 0 Å². The molecule has 76 valence electrons. The Morgan fingerprint density at radius 1 is 1.20 bits per heavy atom. The molecule has 0 saturated heterocycles. The normalized spacial score (nSPS) is 11.0. The molecule has 0 fully saturated rings. The van der Waals surface area contributed by atoms with E-state index in [-0.39, 0.29) is 0 Å². The van der Waals surface area contributed by atoms with Gasteiger partial charge in [-0.15, -0.1) is 11.8 Å². The van der Waals surface area contributed by atoms with E-state index in [1.165, 1.54) is 5.56 Å². The van der Waals surface area contributed by atoms with Crippen molar-refractivity contribution < 1.29 is 0 Å². The number of thioether (sulfide) groups is 1. The molecule has 1 heterocycles. The van der Waals surface area contributed by atoms with Crippen molar-refractivity contribution in [1.29, 1.82) is 0 Å². The molecule has 2 aromatic rings. The predicted octanol–water partition coefficient (Wildman–Crippen LogP) is 3.30. The number of nitrogens with zero attached hydrogens (tertiary/aromatic N) is 1. The summed E-state index contributed by atoms with van der Waals surface area (Å²) in [6.45, 7) is 0. The van der Waals surface area contributed by atoms with Gasteiger partial charge in [-0.05, 0) is 24.0 Å². The first kappa shape index (κ1) is 10.1. The summed E-state index contributed by atoms with van der Waals surface area (Å²) in [4.78, 5) is 0. The molecule has 0 aliphatic carbocycles. The van der Waals surface area contributed by atoms with E-state index in [2.05, 4.69) is 28.4 Å². The number of hydrogen-bond acceptors (Lipinski definition) is 2. The van der Waals surface area contributed by atoms with Crippen LogP contribution < -0.4 is 0 Å². The SMILES string of the molecule is CSc1cc(/C=C/c2ccccc2)[nH]n1. The fraction of sp³-hybridized carbons (Fsp3) is 0.0833. The minimum absolute atomic E-state index is 1.02. The summed E-state index contributed by atoms with van der Waals surface area (Å²) >= 11 is 1.64. The summed E-state index contributed by atoms with van der Waals surface area (Å²) in [5.41, 5.74) is 2.22. The lowest BCUT2D eigenvalue weighted by Gasteiger charge is -1.89. The van der Waals surface area contributed by atoms with E-state index in [1.54, 1.807) is 11.8 Å². The van der Waals surface area contributed by atoms with Crippen LogP contribution in [0.1, 0.15) is 11.3 Å². The highest BCUT2D eigenvalue weighted by Crippen LogP contribution is 2.13. The summed E-state index contributed by atoms with van der Waals surface area (Å²) in [6, 6.07) is 12.2. The standard InChI is InChI=1S/C12H12N2S/c1-15-12-9-11(13-14-12)8-7-10-5-3-2-4-6-10/h2-9H,1H3,(H,13,14)/b8-7+. The predicted molar refractivity (Wildman–Crippen MR) is 65.7 cm³/mol. The molecule has 0 unspecified atom stereocenters. The van der Waals surface area contributed by atoms with Crippen molar-refractivity contribution in [3.05, 3.63) is 47.7 Å². The quantitative estimate of drug-likeness (QED) is 0.797. The fourth-order valence-electron chi connectivity index (χ4n) is 1.26. The molecule has 2 rings (SSSR count). The van der Waals surface area contributed by atoms with Gasteiger partial charge in [0.05, 0.1) is 5.69 Å². The molecule has 0 aliphatic heterocycles. The average molecular weight is 216 g/mol. The van der Waals surface area contributed by atoms with Crippen LogP contribution in [0.4, 0.5) is 0 Å². The van der Waals surface area contributed by atoms with Gasteiger partial charge in [0.1, 0.15) is 5.03 Å². The molecule has 0 radical (unpaired) electrons. The third kappa shape index (κ3) is 2.73. The lowest BCUT2D eigenvalue weighted by molar-refractivity contribution is 1.000. The summed E-state index contributed by atoms with van der Waals surface area (Å²) in [5.74, 6) is 0. The van der Waals surface area contributed by atoms with Crippen LogP contribution >= 0.6 is 11.8 Å². The lowest BCUT2D eigenvalue weighted by Crippen LogP contribution is -1.72. The Morgan fingerprint density at radius 2 is 2.00 bits per heavy atom. The molecule has 2 nitrogen and oxygen atoms in total. The van der Waals surface area contributed by atoms with Crippen LogP contribution in [0.25, 0.3) is 12.2 Å². The van der Waals surface area contributed by atoms with Crippen molar-refractivity contribution >= 4 is 23.9 Å². The highest BCUT2D eigenvalue weighted by atomic mass is 32.2. The van der Waals surface area contributed by atoms with Crippen LogP contribution in [-0.2, 0) is 0 Å². The average Bonchev–Trinajstić information content (AvgIpc) is 2.76. The molecule has 0 aliphatic rings. The van der Waals surface area contributed by atoms with E-state index in [0.717, 1.165) is 10.7 Å². The van der Waals surface area contributed by atoms with Crippen molar-refractivity contribution in [2.75, 3.05) is 6.26 Å². The Balaban J connectivity index is 2.11. The topological polar surface area (TPSA) is 28.7 Å². The van der Waals surface area contributed by atoms with E-state index in [9.17, 15) is 0 Å². The third-order valence-corrected chi connectivity index (χ3v) is 2.67. The van der Waals surface area contributed by atoms with E-state index >= 15 is 0 Å². The number of aromatic amines is 1. The van der Waals surface area contributed by atoms with Gasteiger partial charge in [-0.3, -0.25) is 5.10 Å². The zero-order valence-corrected chi connectivity index (χ0v) is 9.29.